The van der Waals surface area contributed by atoms with E-state index in [1.807, 2.05) is 6.92 Å². The first-order valence-corrected chi connectivity index (χ1v) is 13.0. The third-order valence-electron chi connectivity index (χ3n) is 6.12. The zero-order valence-corrected chi connectivity index (χ0v) is 20.5. The van der Waals surface area contributed by atoms with Gasteiger partial charge in [0.15, 0.2) is 0 Å². The summed E-state index contributed by atoms with van der Waals surface area (Å²) in [5, 5.41) is 12.8. The van der Waals surface area contributed by atoms with E-state index in [1.54, 1.807) is 18.7 Å². The molecule has 2 rings (SSSR count). The van der Waals surface area contributed by atoms with E-state index < -0.39 is 34.2 Å². The highest BCUT2D eigenvalue weighted by molar-refractivity contribution is 7.85. The number of fused-ring (bicyclic) bond motifs is 1. The highest BCUT2D eigenvalue weighted by Gasteiger charge is 2.54. The van der Waals surface area contributed by atoms with Crippen LogP contribution in [0.25, 0.3) is 0 Å². The Labute approximate surface area is 190 Å². The third kappa shape index (κ3) is 8.00. The second kappa shape index (κ2) is 11.9. The van der Waals surface area contributed by atoms with Gasteiger partial charge in [0.2, 0.25) is 5.91 Å². The van der Waals surface area contributed by atoms with Crippen molar-refractivity contribution < 1.29 is 37.2 Å². The van der Waals surface area contributed by atoms with Crippen molar-refractivity contribution in [3.63, 3.8) is 0 Å². The molecule has 0 aromatic rings. The molecule has 0 bridgehead atoms. The van der Waals surface area contributed by atoms with Crippen LogP contribution in [0.2, 0.25) is 0 Å². The lowest BCUT2D eigenvalue weighted by atomic mass is 9.71. The molecule has 1 aliphatic heterocycles. The molecule has 11 heteroatoms. The summed E-state index contributed by atoms with van der Waals surface area (Å²) in [7, 11) is -3.67. The first-order chi connectivity index (χ1) is 14.7. The summed E-state index contributed by atoms with van der Waals surface area (Å²) in [5.74, 6) is -1.54. The molecule has 2 aliphatic rings. The summed E-state index contributed by atoms with van der Waals surface area (Å²) < 4.78 is 31.0. The summed E-state index contributed by atoms with van der Waals surface area (Å²) in [6.45, 7) is 7.82. The number of nitrogens with zero attached hydrogens (tertiary/aromatic N) is 1. The molecule has 1 amide bonds. The van der Waals surface area contributed by atoms with E-state index in [9.17, 15) is 27.9 Å². The van der Waals surface area contributed by atoms with Gasteiger partial charge in [-0.15, -0.1) is 0 Å². The molecule has 32 heavy (non-hydrogen) atoms. The number of nitrogens with one attached hydrogen (secondary N) is 1. The van der Waals surface area contributed by atoms with Crippen molar-refractivity contribution >= 4 is 28.0 Å². The molecule has 0 aromatic heterocycles. The molecule has 0 unspecified atom stereocenters. The summed E-state index contributed by atoms with van der Waals surface area (Å²) in [6, 6.07) is -2.03. The SMILES string of the molecule is CCC[C@H](N[C@@H](C)C(=O)N1[C@H]2CCCC[C@@]2(C)C[C@H]1C(=O)O)C(=O)OCC.CS(=O)(=O)O. The number of hydrogen-bond donors (Lipinski definition) is 3. The molecule has 2 fully saturated rings. The van der Waals surface area contributed by atoms with Crippen molar-refractivity contribution in [3.05, 3.63) is 0 Å². The van der Waals surface area contributed by atoms with Gasteiger partial charge in [0, 0.05) is 6.04 Å². The van der Waals surface area contributed by atoms with Crippen LogP contribution in [0.5, 0.6) is 0 Å². The van der Waals surface area contributed by atoms with Crippen LogP contribution < -0.4 is 5.32 Å². The van der Waals surface area contributed by atoms with Crippen LogP contribution in [0.3, 0.4) is 0 Å². The molecule has 0 aromatic carbocycles. The fraction of sp³-hybridized carbons (Fsp3) is 0.857. The largest absolute Gasteiger partial charge is 0.480 e. The van der Waals surface area contributed by atoms with Crippen LogP contribution in [0.15, 0.2) is 0 Å². The van der Waals surface area contributed by atoms with Gasteiger partial charge in [-0.3, -0.25) is 19.5 Å². The molecule has 186 valence electrons. The number of aliphatic carboxylic acids is 1. The average molecular weight is 479 g/mol. The Morgan fingerprint density at radius 1 is 1.25 bits per heavy atom. The van der Waals surface area contributed by atoms with Gasteiger partial charge in [-0.25, -0.2) is 4.79 Å². The summed E-state index contributed by atoms with van der Waals surface area (Å²) >= 11 is 0. The minimum atomic E-state index is -3.67. The van der Waals surface area contributed by atoms with Gasteiger partial charge in [0.05, 0.1) is 18.9 Å². The molecule has 0 spiro atoms. The molecule has 1 saturated heterocycles. The molecular weight excluding hydrogens is 440 g/mol. The number of esters is 1. The molecule has 3 N–H and O–H groups in total. The number of hydrogen-bond acceptors (Lipinski definition) is 7. The van der Waals surface area contributed by atoms with Crippen LogP contribution >= 0.6 is 0 Å². The van der Waals surface area contributed by atoms with Crippen molar-refractivity contribution in [1.82, 2.24) is 10.2 Å². The Hall–Kier alpha value is -1.72. The minimum absolute atomic E-state index is 0.0451. The van der Waals surface area contributed by atoms with Crippen molar-refractivity contribution in [3.8, 4) is 0 Å². The van der Waals surface area contributed by atoms with Gasteiger partial charge in [-0.2, -0.15) is 8.42 Å². The predicted octanol–water partition coefficient (Wildman–Crippen LogP) is 1.83. The Kier molecular flexibility index (Phi) is 10.6. The second-order valence-corrected chi connectivity index (χ2v) is 10.4. The number of carboxylic acids is 1. The fourth-order valence-corrected chi connectivity index (χ4v) is 4.76. The normalized spacial score (nSPS) is 26.9. The number of carbonyl (C=O) groups is 3. The first-order valence-electron chi connectivity index (χ1n) is 11.1. The number of ether oxygens (including phenoxy) is 1. The maximum atomic E-state index is 13.2. The van der Waals surface area contributed by atoms with Gasteiger partial charge in [-0.1, -0.05) is 33.1 Å². The monoisotopic (exact) mass is 478 g/mol. The number of likely N-dealkylation sites (tertiary alicyclic amines) is 1. The zero-order valence-electron chi connectivity index (χ0n) is 19.7. The number of amides is 1. The van der Waals surface area contributed by atoms with Crippen LogP contribution in [0.1, 0.15) is 72.6 Å². The summed E-state index contributed by atoms with van der Waals surface area (Å²) in [6.07, 6.45) is 6.45. The van der Waals surface area contributed by atoms with E-state index in [1.165, 1.54) is 0 Å². The lowest BCUT2D eigenvalue weighted by Crippen LogP contribution is -2.56. The summed E-state index contributed by atoms with van der Waals surface area (Å²) in [5.41, 5.74) is -0.138. The Morgan fingerprint density at radius 3 is 2.34 bits per heavy atom. The maximum Gasteiger partial charge on any atom is 0.326 e. The third-order valence-corrected chi connectivity index (χ3v) is 6.12. The van der Waals surface area contributed by atoms with Crippen LogP contribution in [-0.2, 0) is 29.2 Å². The Balaban J connectivity index is 0.000000920. The second-order valence-electron chi connectivity index (χ2n) is 8.93. The van der Waals surface area contributed by atoms with E-state index in [0.717, 1.165) is 32.1 Å². The molecule has 10 nitrogen and oxygen atoms in total. The van der Waals surface area contributed by atoms with Gasteiger partial charge in [0.1, 0.15) is 12.1 Å². The van der Waals surface area contributed by atoms with Crippen molar-refractivity contribution in [2.24, 2.45) is 5.41 Å². The highest BCUT2D eigenvalue weighted by atomic mass is 32.2. The van der Waals surface area contributed by atoms with E-state index in [4.69, 9.17) is 9.29 Å². The molecule has 1 aliphatic carbocycles. The topological polar surface area (TPSA) is 150 Å². The minimum Gasteiger partial charge on any atom is -0.480 e. The first kappa shape index (κ1) is 28.3. The molecule has 5 atom stereocenters. The summed E-state index contributed by atoms with van der Waals surface area (Å²) in [4.78, 5) is 38.8. The molecular formula is C21H38N2O8S. The van der Waals surface area contributed by atoms with E-state index in [-0.39, 0.29) is 29.9 Å². The Morgan fingerprint density at radius 2 is 1.84 bits per heavy atom. The fourth-order valence-electron chi connectivity index (χ4n) is 4.76. The lowest BCUT2D eigenvalue weighted by Gasteiger charge is -2.40. The molecule has 1 heterocycles. The van der Waals surface area contributed by atoms with Crippen molar-refractivity contribution in [1.29, 1.82) is 0 Å². The smallest absolute Gasteiger partial charge is 0.326 e. The van der Waals surface area contributed by atoms with Gasteiger partial charge in [0.25, 0.3) is 10.1 Å². The van der Waals surface area contributed by atoms with Crippen molar-refractivity contribution in [2.75, 3.05) is 12.9 Å². The van der Waals surface area contributed by atoms with Crippen LogP contribution in [0.4, 0.5) is 0 Å². The van der Waals surface area contributed by atoms with Gasteiger partial charge < -0.3 is 14.7 Å². The number of carboxylic acid groups (broad SMARTS) is 1. The van der Waals surface area contributed by atoms with E-state index in [0.29, 0.717) is 19.1 Å². The molecule has 0 radical (unpaired) electrons. The van der Waals surface area contributed by atoms with E-state index in [2.05, 4.69) is 12.2 Å². The predicted molar refractivity (Wildman–Crippen MR) is 119 cm³/mol. The highest BCUT2D eigenvalue weighted by Crippen LogP contribution is 2.49. The van der Waals surface area contributed by atoms with Crippen LogP contribution in [0, 0.1) is 5.41 Å². The van der Waals surface area contributed by atoms with E-state index >= 15 is 0 Å². The van der Waals surface area contributed by atoms with Gasteiger partial charge >= 0.3 is 11.9 Å². The quantitative estimate of drug-likeness (QED) is 0.350. The Bertz CT molecular complexity index is 764. The van der Waals surface area contributed by atoms with Gasteiger partial charge in [-0.05, 0) is 44.9 Å². The standard InChI is InChI=1S/C20H34N2O5.CH4O3S/c1-5-9-14(19(26)27-6-2)21-13(3)17(23)22-15(18(24)25)12-20(4)11-8-7-10-16(20)22;1-5(2,3)4/h13-16,21H,5-12H2,1-4H3,(H,24,25);1H3,(H,2,3,4)/t13-,14-,15-,16-,20-;/m0./s1. The van der Waals surface area contributed by atoms with Crippen LogP contribution in [-0.4, -0.2) is 77.9 Å². The zero-order chi connectivity index (χ0) is 24.7. The maximum absolute atomic E-state index is 13.2. The van der Waals surface area contributed by atoms with Crippen molar-refractivity contribution in [2.45, 2.75) is 96.8 Å². The lowest BCUT2D eigenvalue weighted by molar-refractivity contribution is -0.152. The number of carbonyl (C=O) groups excluding carboxylic acids is 2. The molecule has 1 saturated carbocycles. The number of rotatable bonds is 8. The average Bonchev–Trinajstić information content (AvgIpc) is 2.99.